The summed E-state index contributed by atoms with van der Waals surface area (Å²) in [5, 5.41) is 9.74. The van der Waals surface area contributed by atoms with Gasteiger partial charge in [-0.05, 0) is 24.3 Å². The summed E-state index contributed by atoms with van der Waals surface area (Å²) < 4.78 is 81.6. The fourth-order valence-corrected chi connectivity index (χ4v) is 2.69. The minimum atomic E-state index is -6.56. The number of para-hydroxylation sites is 2. The quantitative estimate of drug-likeness (QED) is 0.489. The van der Waals surface area contributed by atoms with Gasteiger partial charge in [0.15, 0.2) is 0 Å². The second-order valence-electron chi connectivity index (χ2n) is 6.46. The molecule has 1 amide bonds. The van der Waals surface area contributed by atoms with Crippen LogP contribution in [0.2, 0.25) is 0 Å². The van der Waals surface area contributed by atoms with Crippen molar-refractivity contribution >= 4 is 28.5 Å². The Bertz CT molecular complexity index is 1280. The molecule has 0 spiro atoms. The maximum atomic E-state index is 14.0. The molecular formula is C19H11F6N3O4. The van der Waals surface area contributed by atoms with Crippen LogP contribution in [0.25, 0.3) is 22.3 Å². The summed E-state index contributed by atoms with van der Waals surface area (Å²) in [6.45, 7) is 0. The van der Waals surface area contributed by atoms with Crippen LogP contribution in [0.1, 0.15) is 0 Å². The van der Waals surface area contributed by atoms with Crippen molar-refractivity contribution in [2.45, 2.75) is 17.8 Å². The first-order chi connectivity index (χ1) is 14.8. The maximum absolute atomic E-state index is 14.0. The van der Waals surface area contributed by atoms with Crippen molar-refractivity contribution in [1.82, 2.24) is 9.97 Å². The molecule has 0 fully saturated rings. The number of halogens is 6. The minimum absolute atomic E-state index is 0.180. The number of benzene rings is 2. The molecule has 0 radical (unpaired) electrons. The highest BCUT2D eigenvalue weighted by Crippen LogP contribution is 2.46. The molecule has 13 heteroatoms. The number of nitrogens with one attached hydrogen (secondary N) is 2. The van der Waals surface area contributed by atoms with E-state index in [1.807, 2.05) is 0 Å². The van der Waals surface area contributed by atoms with Gasteiger partial charge in [0, 0.05) is 5.56 Å². The van der Waals surface area contributed by atoms with Gasteiger partial charge in [-0.1, -0.05) is 24.3 Å². The highest BCUT2D eigenvalue weighted by atomic mass is 19.3. The molecule has 0 aliphatic rings. The van der Waals surface area contributed by atoms with Crippen molar-refractivity contribution < 1.29 is 41.0 Å². The number of carboxylic acids is 1. The van der Waals surface area contributed by atoms with E-state index in [9.17, 15) is 40.7 Å². The number of aromatic nitrogens is 2. The Morgan fingerprint density at radius 1 is 0.906 bits per heavy atom. The van der Waals surface area contributed by atoms with E-state index in [1.165, 1.54) is 35.6 Å². The number of fused-ring (bicyclic) bond motifs is 1. The standard InChI is InChI=1S/C19H11F6N3O4/c20-17(21,19(24,25)18(22,23)16(31)32)15(30)27-11-7-3-1-5-9(11)13-26-12-8-4-2-6-10(12)14(29)28-13/h1-8H,(H,27,30)(H,31,32)(H,26,28,29). The van der Waals surface area contributed by atoms with E-state index in [4.69, 9.17) is 5.11 Å². The number of nitrogens with zero attached hydrogens (tertiary/aromatic N) is 1. The molecule has 168 valence electrons. The van der Waals surface area contributed by atoms with Crippen LogP contribution in [0.15, 0.2) is 53.3 Å². The molecule has 0 aliphatic carbocycles. The summed E-state index contributed by atoms with van der Waals surface area (Å²) in [4.78, 5) is 40.9. The Morgan fingerprint density at radius 3 is 2.16 bits per heavy atom. The minimum Gasteiger partial charge on any atom is -0.477 e. The predicted molar refractivity (Wildman–Crippen MR) is 98.9 cm³/mol. The van der Waals surface area contributed by atoms with Crippen LogP contribution in [0.5, 0.6) is 0 Å². The van der Waals surface area contributed by atoms with Gasteiger partial charge in [0.2, 0.25) is 0 Å². The third kappa shape index (κ3) is 3.55. The number of hydrogen-bond donors (Lipinski definition) is 3. The van der Waals surface area contributed by atoms with Gasteiger partial charge in [0.05, 0.1) is 16.6 Å². The van der Waals surface area contributed by atoms with E-state index in [1.54, 1.807) is 12.1 Å². The average Bonchev–Trinajstić information content (AvgIpc) is 2.73. The summed E-state index contributed by atoms with van der Waals surface area (Å²) in [5.41, 5.74) is -1.23. The Labute approximate surface area is 173 Å². The number of alkyl halides is 6. The highest BCUT2D eigenvalue weighted by Gasteiger charge is 2.78. The smallest absolute Gasteiger partial charge is 0.411 e. The lowest BCUT2D eigenvalue weighted by Crippen LogP contribution is -2.62. The fraction of sp³-hybridized carbons (Fsp3) is 0.158. The molecular weight excluding hydrogens is 448 g/mol. The summed E-state index contributed by atoms with van der Waals surface area (Å²) in [6, 6.07) is 10.7. The topological polar surface area (TPSA) is 112 Å². The van der Waals surface area contributed by atoms with Crippen molar-refractivity contribution in [3.8, 4) is 11.4 Å². The molecule has 3 rings (SSSR count). The normalized spacial score (nSPS) is 12.6. The van der Waals surface area contributed by atoms with Gasteiger partial charge < -0.3 is 15.4 Å². The Balaban J connectivity index is 2.03. The second kappa shape index (κ2) is 7.66. The number of hydrogen-bond acceptors (Lipinski definition) is 4. The van der Waals surface area contributed by atoms with E-state index in [2.05, 4.69) is 9.97 Å². The number of anilines is 1. The van der Waals surface area contributed by atoms with Crippen molar-refractivity contribution in [2.75, 3.05) is 5.32 Å². The molecule has 7 nitrogen and oxygen atoms in total. The number of carbonyl (C=O) groups excluding carboxylic acids is 1. The Kier molecular flexibility index (Phi) is 5.45. The van der Waals surface area contributed by atoms with Gasteiger partial charge in [0.1, 0.15) is 5.82 Å². The Morgan fingerprint density at radius 2 is 1.50 bits per heavy atom. The maximum Gasteiger partial charge on any atom is 0.411 e. The van der Waals surface area contributed by atoms with Gasteiger partial charge in [-0.3, -0.25) is 9.59 Å². The second-order valence-corrected chi connectivity index (χ2v) is 6.46. The number of carbonyl (C=O) groups is 2. The van der Waals surface area contributed by atoms with Crippen LogP contribution < -0.4 is 10.9 Å². The van der Waals surface area contributed by atoms with Crippen LogP contribution in [0, 0.1) is 0 Å². The first kappa shape index (κ1) is 22.8. The van der Waals surface area contributed by atoms with Crippen molar-refractivity contribution in [3.05, 3.63) is 58.9 Å². The third-order valence-electron chi connectivity index (χ3n) is 4.39. The van der Waals surface area contributed by atoms with Gasteiger partial charge >= 0.3 is 29.6 Å². The lowest BCUT2D eigenvalue weighted by Gasteiger charge is -2.29. The predicted octanol–water partition coefficient (Wildman–Crippen LogP) is 3.52. The van der Waals surface area contributed by atoms with Gasteiger partial charge in [-0.15, -0.1) is 0 Å². The first-order valence-electron chi connectivity index (χ1n) is 8.57. The first-order valence-corrected chi connectivity index (χ1v) is 8.57. The molecule has 1 aromatic heterocycles. The lowest BCUT2D eigenvalue weighted by molar-refractivity contribution is -0.291. The molecule has 0 saturated heterocycles. The van der Waals surface area contributed by atoms with Crippen LogP contribution in [0.4, 0.5) is 32.0 Å². The van der Waals surface area contributed by atoms with Gasteiger partial charge in [-0.25, -0.2) is 9.78 Å². The lowest BCUT2D eigenvalue weighted by atomic mass is 10.0. The molecule has 1 heterocycles. The average molecular weight is 459 g/mol. The monoisotopic (exact) mass is 459 g/mol. The largest absolute Gasteiger partial charge is 0.477 e. The molecule has 2 aromatic carbocycles. The number of carboxylic acid groups (broad SMARTS) is 1. The van der Waals surface area contributed by atoms with E-state index in [-0.39, 0.29) is 22.3 Å². The zero-order chi connectivity index (χ0) is 23.9. The fourth-order valence-electron chi connectivity index (χ4n) is 2.69. The molecule has 0 saturated carbocycles. The number of rotatable bonds is 6. The van der Waals surface area contributed by atoms with E-state index >= 15 is 0 Å². The van der Waals surface area contributed by atoms with Crippen LogP contribution >= 0.6 is 0 Å². The van der Waals surface area contributed by atoms with Crippen LogP contribution in [-0.2, 0) is 9.59 Å². The summed E-state index contributed by atoms with van der Waals surface area (Å²) in [5.74, 6) is -25.6. The number of H-pyrrole nitrogens is 1. The van der Waals surface area contributed by atoms with Gasteiger partial charge in [0.25, 0.3) is 5.56 Å². The van der Waals surface area contributed by atoms with E-state index in [0.29, 0.717) is 0 Å². The molecule has 3 aromatic rings. The van der Waals surface area contributed by atoms with Crippen LogP contribution in [0.3, 0.4) is 0 Å². The molecule has 0 aliphatic heterocycles. The third-order valence-corrected chi connectivity index (χ3v) is 4.39. The highest BCUT2D eigenvalue weighted by molar-refractivity contribution is 6.00. The summed E-state index contributed by atoms with van der Waals surface area (Å²) >= 11 is 0. The van der Waals surface area contributed by atoms with Gasteiger partial charge in [-0.2, -0.15) is 26.3 Å². The molecule has 0 unspecified atom stereocenters. The van der Waals surface area contributed by atoms with Crippen molar-refractivity contribution in [2.24, 2.45) is 0 Å². The van der Waals surface area contributed by atoms with E-state index < -0.39 is 40.9 Å². The Hall–Kier alpha value is -3.90. The molecule has 32 heavy (non-hydrogen) atoms. The molecule has 0 bridgehead atoms. The zero-order valence-electron chi connectivity index (χ0n) is 15.5. The zero-order valence-corrected chi connectivity index (χ0v) is 15.5. The summed E-state index contributed by atoms with van der Waals surface area (Å²) in [6.07, 6.45) is 0. The van der Waals surface area contributed by atoms with Crippen molar-refractivity contribution in [1.29, 1.82) is 0 Å². The summed E-state index contributed by atoms with van der Waals surface area (Å²) in [7, 11) is 0. The van der Waals surface area contributed by atoms with Crippen LogP contribution in [-0.4, -0.2) is 44.7 Å². The molecule has 3 N–H and O–H groups in total. The molecule has 0 atom stereocenters. The van der Waals surface area contributed by atoms with E-state index in [0.717, 1.165) is 6.07 Å². The van der Waals surface area contributed by atoms with Crippen molar-refractivity contribution in [3.63, 3.8) is 0 Å². The number of amides is 1. The number of aromatic amines is 1. The number of aliphatic carboxylic acids is 1. The SMILES string of the molecule is O=C(O)C(F)(F)C(F)(F)C(F)(F)C(=O)Nc1ccccc1-c1nc2ccccc2c(=O)[nH]1.